The Bertz CT molecular complexity index is 239. The summed E-state index contributed by atoms with van der Waals surface area (Å²) in [6, 6.07) is 0.547. The van der Waals surface area contributed by atoms with Crippen LogP contribution in [0, 0.1) is 12.3 Å². The molecule has 1 atom stereocenters. The molecule has 0 saturated carbocycles. The molecule has 2 saturated heterocycles. The molecule has 2 fully saturated rings. The van der Waals surface area contributed by atoms with E-state index in [-0.39, 0.29) is 11.0 Å². The van der Waals surface area contributed by atoms with Crippen molar-refractivity contribution in [1.29, 1.82) is 0 Å². The first-order chi connectivity index (χ1) is 6.93. The van der Waals surface area contributed by atoms with E-state index in [4.69, 9.17) is 9.47 Å². The Morgan fingerprint density at radius 3 is 2.25 bits per heavy atom. The van der Waals surface area contributed by atoms with Crippen LogP contribution in [0.2, 0.25) is 0 Å². The fraction of sp³-hybridized carbons (Fsp3) is 0.917. The number of hydrogen-bond acceptors (Lipinski definition) is 3. The van der Waals surface area contributed by atoms with Gasteiger partial charge in [-0.3, -0.25) is 4.90 Å². The number of rotatable bonds is 1. The first-order valence-electron chi connectivity index (χ1n) is 5.74. The zero-order chi connectivity index (χ0) is 11.1. The normalized spacial score (nSPS) is 34.3. The molecule has 1 radical (unpaired) electrons. The molecule has 2 aliphatic rings. The SMILES string of the molecule is [CH2-]C1(C)COC2(COC2)CN(C(C)C)C1.[Lr]. The largest absolute Gasteiger partial charge is 0.375 e. The van der Waals surface area contributed by atoms with Crippen LogP contribution in [0.4, 0.5) is 0 Å². The minimum atomic E-state index is -0.0419. The van der Waals surface area contributed by atoms with Gasteiger partial charge in [-0.25, -0.2) is 0 Å². The molecule has 0 aliphatic carbocycles. The Morgan fingerprint density at radius 2 is 1.81 bits per heavy atom. The van der Waals surface area contributed by atoms with Gasteiger partial charge in [0.15, 0.2) is 0 Å². The topological polar surface area (TPSA) is 21.7 Å². The van der Waals surface area contributed by atoms with Crippen molar-refractivity contribution in [2.75, 3.05) is 32.9 Å². The van der Waals surface area contributed by atoms with Gasteiger partial charge in [0.25, 0.3) is 0 Å². The first-order valence-corrected chi connectivity index (χ1v) is 5.74. The Labute approximate surface area is 92.7 Å². The third kappa shape index (κ3) is 2.34. The maximum Gasteiger partial charge on any atom is 0.127 e. The molecule has 0 aromatic rings. The van der Waals surface area contributed by atoms with Crippen molar-refractivity contribution < 1.29 is 9.47 Å². The Kier molecular flexibility index (Phi) is 3.27. The first kappa shape index (κ1) is 12.9. The molecule has 2 heterocycles. The number of ether oxygens (including phenoxy) is 2. The molecule has 0 aromatic heterocycles. The van der Waals surface area contributed by atoms with Gasteiger partial charge in [0.05, 0.1) is 13.2 Å². The van der Waals surface area contributed by atoms with Crippen LogP contribution < -0.4 is 0 Å². The van der Waals surface area contributed by atoms with Crippen molar-refractivity contribution in [3.05, 3.63) is 6.92 Å². The summed E-state index contributed by atoms with van der Waals surface area (Å²) in [5.74, 6) is 0. The zero-order valence-corrected chi connectivity index (χ0v) is 12.5. The van der Waals surface area contributed by atoms with Gasteiger partial charge in [0.1, 0.15) is 5.60 Å². The van der Waals surface area contributed by atoms with Crippen molar-refractivity contribution in [2.45, 2.75) is 32.4 Å². The van der Waals surface area contributed by atoms with Crippen molar-refractivity contribution in [1.82, 2.24) is 4.90 Å². The average molecular weight is 474 g/mol. The number of hydrogen-bond donors (Lipinski definition) is 0. The Morgan fingerprint density at radius 1 is 1.19 bits per heavy atom. The monoisotopic (exact) mass is 474 g/mol. The molecule has 16 heavy (non-hydrogen) atoms. The molecule has 0 N–H and O–H groups in total. The fourth-order valence-corrected chi connectivity index (χ4v) is 2.20. The maximum atomic E-state index is 5.99. The molecule has 1 spiro atoms. The van der Waals surface area contributed by atoms with Gasteiger partial charge in [-0.05, 0) is 20.4 Å². The molecule has 4 heteroatoms. The summed E-state index contributed by atoms with van der Waals surface area (Å²) in [4.78, 5) is 2.46. The summed E-state index contributed by atoms with van der Waals surface area (Å²) in [6.07, 6.45) is 0. The van der Waals surface area contributed by atoms with Crippen LogP contribution in [0.25, 0.3) is 0 Å². The molecule has 3 nitrogen and oxygen atoms in total. The summed E-state index contributed by atoms with van der Waals surface area (Å²) < 4.78 is 11.3. The van der Waals surface area contributed by atoms with Crippen LogP contribution >= 0.6 is 0 Å². The van der Waals surface area contributed by atoms with E-state index < -0.39 is 0 Å². The minimum absolute atomic E-state index is 0. The Balaban J connectivity index is 0.00000128. The summed E-state index contributed by atoms with van der Waals surface area (Å²) in [5, 5.41) is 0. The third-order valence-corrected chi connectivity index (χ3v) is 3.26. The van der Waals surface area contributed by atoms with Crippen LogP contribution in [-0.4, -0.2) is 49.5 Å². The van der Waals surface area contributed by atoms with Gasteiger partial charge in [-0.15, -0.1) is 5.41 Å². The van der Waals surface area contributed by atoms with Gasteiger partial charge in [0, 0.05) is 19.2 Å². The van der Waals surface area contributed by atoms with Gasteiger partial charge >= 0.3 is 0 Å². The smallest absolute Gasteiger partial charge is 0.127 e. The van der Waals surface area contributed by atoms with E-state index in [0.717, 1.165) is 32.9 Å². The predicted octanol–water partition coefficient (Wildman–Crippen LogP) is 1.34. The standard InChI is InChI=1S/C12H22NO2.Lr/c1-10(2)13-5-11(3,4)7-15-12(6-13)8-14-9-12;/h10H,3,5-9H2,1-2,4H3;/q-1;. The zero-order valence-electron chi connectivity index (χ0n) is 10.3. The second kappa shape index (κ2) is 4.04. The molecular formula is C12H22LrNO2-. The van der Waals surface area contributed by atoms with Gasteiger partial charge in [-0.2, -0.15) is 0 Å². The fourth-order valence-electron chi connectivity index (χ4n) is 2.20. The van der Waals surface area contributed by atoms with E-state index in [9.17, 15) is 0 Å². The van der Waals surface area contributed by atoms with Crippen molar-refractivity contribution in [3.63, 3.8) is 0 Å². The van der Waals surface area contributed by atoms with Gasteiger partial charge in [0.2, 0.25) is 0 Å². The van der Waals surface area contributed by atoms with Crippen LogP contribution in [0.1, 0.15) is 20.8 Å². The Hall–Kier alpha value is -1.12. The van der Waals surface area contributed by atoms with Crippen LogP contribution in [0.3, 0.4) is 0 Å². The van der Waals surface area contributed by atoms with Gasteiger partial charge in [-0.1, -0.05) is 6.92 Å². The second-order valence-electron chi connectivity index (χ2n) is 5.77. The molecule has 2 aliphatic heterocycles. The molecule has 2 rings (SSSR count). The van der Waals surface area contributed by atoms with Crippen molar-refractivity contribution in [2.24, 2.45) is 5.41 Å². The van der Waals surface area contributed by atoms with Crippen LogP contribution in [0.15, 0.2) is 0 Å². The predicted molar refractivity (Wildman–Crippen MR) is 59.7 cm³/mol. The van der Waals surface area contributed by atoms with Crippen LogP contribution in [-0.2, 0) is 9.47 Å². The van der Waals surface area contributed by atoms with Crippen molar-refractivity contribution >= 4 is 0 Å². The third-order valence-electron chi connectivity index (χ3n) is 3.26. The second-order valence-corrected chi connectivity index (χ2v) is 5.77. The summed E-state index contributed by atoms with van der Waals surface area (Å²) in [7, 11) is 0. The van der Waals surface area contributed by atoms with Crippen molar-refractivity contribution in [3.8, 4) is 0 Å². The van der Waals surface area contributed by atoms with E-state index in [0.29, 0.717) is 6.04 Å². The average Bonchev–Trinajstić information content (AvgIpc) is 2.20. The number of nitrogens with zero attached hydrogens (tertiary/aromatic N) is 1. The minimum Gasteiger partial charge on any atom is -0.375 e. The summed E-state index contributed by atoms with van der Waals surface area (Å²) in [5.41, 5.74) is -0.0386. The van der Waals surface area contributed by atoms with Crippen LogP contribution in [0.5, 0.6) is 0 Å². The molecule has 0 bridgehead atoms. The molecule has 0 amide bonds. The molecule has 1 unspecified atom stereocenters. The molecular weight excluding hydrogens is 452 g/mol. The molecule has 0 aromatic carbocycles. The van der Waals surface area contributed by atoms with E-state index in [1.165, 1.54) is 0 Å². The molecule has 103 valence electrons. The van der Waals surface area contributed by atoms with Gasteiger partial charge < -0.3 is 16.4 Å². The summed E-state index contributed by atoms with van der Waals surface area (Å²) >= 11 is 0. The maximum absolute atomic E-state index is 5.99. The van der Waals surface area contributed by atoms with E-state index in [2.05, 4.69) is 32.6 Å². The summed E-state index contributed by atoms with van der Waals surface area (Å²) in [6.45, 7) is 15.1. The van der Waals surface area contributed by atoms with E-state index in [1.807, 2.05) is 0 Å². The quantitative estimate of drug-likeness (QED) is 0.536. The van der Waals surface area contributed by atoms with E-state index in [1.54, 1.807) is 0 Å². The van der Waals surface area contributed by atoms with E-state index >= 15 is 0 Å².